The van der Waals surface area contributed by atoms with Crippen LogP contribution in [0.3, 0.4) is 0 Å². The first-order chi connectivity index (χ1) is 13.8. The molecule has 0 aliphatic heterocycles. The van der Waals surface area contributed by atoms with Gasteiger partial charge >= 0.3 is 11.9 Å². The molecule has 0 unspecified atom stereocenters. The number of esters is 2. The largest absolute Gasteiger partial charge is 0.465 e. The van der Waals surface area contributed by atoms with Crippen LogP contribution < -0.4 is 5.56 Å². The van der Waals surface area contributed by atoms with Crippen molar-refractivity contribution in [3.05, 3.63) is 68.1 Å². The van der Waals surface area contributed by atoms with E-state index in [4.69, 9.17) is 4.74 Å². The lowest BCUT2D eigenvalue weighted by molar-refractivity contribution is -0.142. The molecule has 29 heavy (non-hydrogen) atoms. The summed E-state index contributed by atoms with van der Waals surface area (Å²) < 4.78 is 9.99. The van der Waals surface area contributed by atoms with Crippen molar-refractivity contribution >= 4 is 39.6 Å². The van der Waals surface area contributed by atoms with E-state index in [0.29, 0.717) is 21.6 Å². The zero-order chi connectivity index (χ0) is 21.1. The van der Waals surface area contributed by atoms with E-state index in [-0.39, 0.29) is 5.56 Å². The molecule has 3 aromatic rings. The Kier molecular flexibility index (Phi) is 5.93. The number of hydrogen-bond acceptors (Lipinski definition) is 7. The van der Waals surface area contributed by atoms with E-state index < -0.39 is 18.0 Å². The minimum absolute atomic E-state index is 0.240. The zero-order valence-electron chi connectivity index (χ0n) is 16.4. The second kappa shape index (κ2) is 8.40. The predicted octanol–water partition coefficient (Wildman–Crippen LogP) is 3.71. The number of H-pyrrole nitrogens is 1. The molecule has 0 radical (unpaired) electrons. The molecule has 1 aromatic carbocycles. The van der Waals surface area contributed by atoms with Crippen LogP contribution in [0.1, 0.15) is 45.2 Å². The molecule has 0 fully saturated rings. The minimum Gasteiger partial charge on any atom is -0.465 e. The van der Waals surface area contributed by atoms with Gasteiger partial charge < -0.3 is 14.5 Å². The Bertz CT molecular complexity index is 1160. The van der Waals surface area contributed by atoms with Crippen molar-refractivity contribution in [2.75, 3.05) is 7.11 Å². The van der Waals surface area contributed by atoms with Gasteiger partial charge in [-0.15, -0.1) is 11.3 Å². The molecule has 0 aliphatic rings. The molecule has 3 rings (SSSR count). The van der Waals surface area contributed by atoms with Crippen molar-refractivity contribution in [3.63, 3.8) is 0 Å². The fourth-order valence-corrected chi connectivity index (χ4v) is 3.78. The fourth-order valence-electron chi connectivity index (χ4n) is 2.75. The lowest BCUT2D eigenvalue weighted by Crippen LogP contribution is -2.16. The summed E-state index contributed by atoms with van der Waals surface area (Å²) in [5, 5.41) is 0.574. The molecule has 0 saturated carbocycles. The van der Waals surface area contributed by atoms with Gasteiger partial charge in [-0.3, -0.25) is 4.79 Å². The van der Waals surface area contributed by atoms with E-state index in [1.165, 1.54) is 24.5 Å². The molecule has 0 amide bonds. The highest BCUT2D eigenvalue weighted by molar-refractivity contribution is 7.18. The second-order valence-corrected chi connectivity index (χ2v) is 7.64. The number of nitrogens with zero attached hydrogens (tertiary/aromatic N) is 1. The summed E-state index contributed by atoms with van der Waals surface area (Å²) in [6.07, 6.45) is 2.13. The lowest BCUT2D eigenvalue weighted by Gasteiger charge is -2.11. The number of aromatic amines is 1. The SMILES string of the molecule is COC(=O)c1ccc(/C=C/C(=O)O[C@@H](C)c2nc3sc(C)c(C)c3c(=O)[nH]2)cc1. The van der Waals surface area contributed by atoms with Gasteiger partial charge in [0, 0.05) is 11.0 Å². The van der Waals surface area contributed by atoms with Crippen LogP contribution in [0.2, 0.25) is 0 Å². The Labute approximate surface area is 171 Å². The topological polar surface area (TPSA) is 98.3 Å². The first kappa shape index (κ1) is 20.5. The molecule has 0 bridgehead atoms. The number of nitrogens with one attached hydrogen (secondary N) is 1. The molecule has 8 heteroatoms. The number of thiophene rings is 1. The average molecular weight is 412 g/mol. The zero-order valence-corrected chi connectivity index (χ0v) is 17.3. The molecule has 7 nitrogen and oxygen atoms in total. The van der Waals surface area contributed by atoms with E-state index in [9.17, 15) is 14.4 Å². The number of aromatic nitrogens is 2. The average Bonchev–Trinajstić information content (AvgIpc) is 3.00. The van der Waals surface area contributed by atoms with Crippen LogP contribution >= 0.6 is 11.3 Å². The first-order valence-electron chi connectivity index (χ1n) is 8.87. The van der Waals surface area contributed by atoms with Crippen molar-refractivity contribution in [1.29, 1.82) is 0 Å². The first-order valence-corrected chi connectivity index (χ1v) is 9.68. The molecular formula is C21H20N2O5S. The number of benzene rings is 1. The lowest BCUT2D eigenvalue weighted by atomic mass is 10.1. The van der Waals surface area contributed by atoms with Gasteiger partial charge in [-0.05, 0) is 50.1 Å². The van der Waals surface area contributed by atoms with Crippen molar-refractivity contribution < 1.29 is 19.1 Å². The summed E-state index contributed by atoms with van der Waals surface area (Å²) in [6, 6.07) is 6.59. The van der Waals surface area contributed by atoms with Crippen LogP contribution in [0.4, 0.5) is 0 Å². The predicted molar refractivity (Wildman–Crippen MR) is 111 cm³/mol. The van der Waals surface area contributed by atoms with Crippen molar-refractivity contribution in [2.24, 2.45) is 0 Å². The van der Waals surface area contributed by atoms with Crippen LogP contribution in [-0.4, -0.2) is 29.0 Å². The fraction of sp³-hybridized carbons (Fsp3) is 0.238. The Hall–Kier alpha value is -3.26. The van der Waals surface area contributed by atoms with Crippen LogP contribution in [-0.2, 0) is 14.3 Å². The van der Waals surface area contributed by atoms with E-state index in [1.54, 1.807) is 37.3 Å². The monoisotopic (exact) mass is 412 g/mol. The third-order valence-electron chi connectivity index (χ3n) is 4.48. The molecule has 1 atom stereocenters. The maximum Gasteiger partial charge on any atom is 0.337 e. The van der Waals surface area contributed by atoms with Crippen LogP contribution in [0.25, 0.3) is 16.3 Å². The molecule has 2 aromatic heterocycles. The summed E-state index contributed by atoms with van der Waals surface area (Å²) in [6.45, 7) is 5.47. The van der Waals surface area contributed by atoms with Gasteiger partial charge in [0.25, 0.3) is 5.56 Å². The number of methoxy groups -OCH3 is 1. The standard InChI is InChI=1S/C21H20N2O5S/c1-11-13(3)29-20-17(11)19(25)22-18(23-20)12(2)28-16(24)10-7-14-5-8-15(9-6-14)21(26)27-4/h5-10,12H,1-4H3,(H,22,23,25)/b10-7+/t12-/m0/s1. The van der Waals surface area contributed by atoms with E-state index in [0.717, 1.165) is 16.0 Å². The molecule has 0 aliphatic carbocycles. The summed E-state index contributed by atoms with van der Waals surface area (Å²) in [4.78, 5) is 44.7. The molecule has 150 valence electrons. The Morgan fingerprint density at radius 2 is 1.90 bits per heavy atom. The van der Waals surface area contributed by atoms with Gasteiger partial charge in [-0.2, -0.15) is 0 Å². The highest BCUT2D eigenvalue weighted by Crippen LogP contribution is 2.26. The molecular weight excluding hydrogens is 392 g/mol. The van der Waals surface area contributed by atoms with Gasteiger partial charge in [0.15, 0.2) is 11.9 Å². The van der Waals surface area contributed by atoms with E-state index in [1.807, 2.05) is 13.8 Å². The summed E-state index contributed by atoms with van der Waals surface area (Å²) in [5.74, 6) is -0.702. The van der Waals surface area contributed by atoms with Crippen molar-refractivity contribution in [2.45, 2.75) is 26.9 Å². The number of hydrogen-bond donors (Lipinski definition) is 1. The molecule has 0 saturated heterocycles. The third-order valence-corrected chi connectivity index (χ3v) is 5.58. The van der Waals surface area contributed by atoms with Gasteiger partial charge in [-0.25, -0.2) is 14.6 Å². The van der Waals surface area contributed by atoms with Crippen molar-refractivity contribution in [1.82, 2.24) is 9.97 Å². The summed E-state index contributed by atoms with van der Waals surface area (Å²) in [5.41, 5.74) is 1.82. The molecule has 2 heterocycles. The third kappa shape index (κ3) is 4.43. The number of rotatable bonds is 5. The summed E-state index contributed by atoms with van der Waals surface area (Å²) >= 11 is 1.44. The Balaban J connectivity index is 1.70. The highest BCUT2D eigenvalue weighted by Gasteiger charge is 2.17. The number of carbonyl (C=O) groups excluding carboxylic acids is 2. The van der Waals surface area contributed by atoms with Gasteiger partial charge in [-0.1, -0.05) is 12.1 Å². The molecule has 0 spiro atoms. The van der Waals surface area contributed by atoms with Crippen molar-refractivity contribution in [3.8, 4) is 0 Å². The quantitative estimate of drug-likeness (QED) is 0.507. The number of fused-ring (bicyclic) bond motifs is 1. The van der Waals surface area contributed by atoms with E-state index in [2.05, 4.69) is 14.7 Å². The Morgan fingerprint density at radius 1 is 1.21 bits per heavy atom. The smallest absolute Gasteiger partial charge is 0.337 e. The van der Waals surface area contributed by atoms with E-state index >= 15 is 0 Å². The highest BCUT2D eigenvalue weighted by atomic mass is 32.1. The maximum atomic E-state index is 12.4. The number of ether oxygens (including phenoxy) is 2. The van der Waals surface area contributed by atoms with Gasteiger partial charge in [0.05, 0.1) is 18.1 Å². The number of aryl methyl sites for hydroxylation is 2. The van der Waals surface area contributed by atoms with Gasteiger partial charge in [0.1, 0.15) is 4.83 Å². The summed E-state index contributed by atoms with van der Waals surface area (Å²) in [7, 11) is 1.31. The van der Waals surface area contributed by atoms with Crippen LogP contribution in [0, 0.1) is 13.8 Å². The normalized spacial score (nSPS) is 12.3. The van der Waals surface area contributed by atoms with Crippen LogP contribution in [0.5, 0.6) is 0 Å². The van der Waals surface area contributed by atoms with Crippen LogP contribution in [0.15, 0.2) is 35.1 Å². The number of carbonyl (C=O) groups is 2. The minimum atomic E-state index is -0.714. The second-order valence-electron chi connectivity index (χ2n) is 6.44. The Morgan fingerprint density at radius 3 is 2.55 bits per heavy atom. The molecule has 1 N–H and O–H groups in total. The van der Waals surface area contributed by atoms with Gasteiger partial charge in [0.2, 0.25) is 0 Å². The maximum absolute atomic E-state index is 12.4.